The van der Waals surface area contributed by atoms with Gasteiger partial charge in [-0.05, 0) is 49.1 Å². The molecule has 3 N–H and O–H groups in total. The Morgan fingerprint density at radius 3 is 2.57 bits per heavy atom. The van der Waals surface area contributed by atoms with Crippen LogP contribution < -0.4 is 5.73 Å². The zero-order valence-electron chi connectivity index (χ0n) is 8.76. The summed E-state index contributed by atoms with van der Waals surface area (Å²) in [6.07, 6.45) is 0. The molecule has 1 aromatic carbocycles. The minimum absolute atomic E-state index is 0.260. The molecule has 14 heavy (non-hydrogen) atoms. The first kappa shape index (κ1) is 11.5. The molecular formula is C11H16BrNO. The van der Waals surface area contributed by atoms with Crippen LogP contribution in [0.15, 0.2) is 10.5 Å². The Bertz CT molecular complexity index is 350. The number of hydrogen-bond acceptors (Lipinski definition) is 2. The summed E-state index contributed by atoms with van der Waals surface area (Å²) >= 11 is 3.51. The number of rotatable bonds is 2. The van der Waals surface area contributed by atoms with Crippen LogP contribution in [0.2, 0.25) is 0 Å². The van der Waals surface area contributed by atoms with Crippen molar-refractivity contribution in [1.82, 2.24) is 0 Å². The number of nitrogens with two attached hydrogens (primary N) is 1. The summed E-state index contributed by atoms with van der Waals surface area (Å²) in [5, 5.41) is 9.79. The molecule has 0 aliphatic rings. The van der Waals surface area contributed by atoms with Gasteiger partial charge in [0.25, 0.3) is 0 Å². The Labute approximate surface area is 93.3 Å². The third kappa shape index (κ3) is 1.93. The Hall–Kier alpha value is -0.540. The van der Waals surface area contributed by atoms with Gasteiger partial charge in [0.1, 0.15) is 5.75 Å². The second-order valence-electron chi connectivity index (χ2n) is 3.70. The fourth-order valence-corrected chi connectivity index (χ4v) is 2.69. The monoisotopic (exact) mass is 257 g/mol. The molecule has 0 fully saturated rings. The zero-order valence-corrected chi connectivity index (χ0v) is 10.4. The first-order chi connectivity index (χ1) is 6.49. The minimum atomic E-state index is 0.260. The van der Waals surface area contributed by atoms with Crippen molar-refractivity contribution >= 4 is 15.9 Å². The molecule has 0 aliphatic carbocycles. The zero-order chi connectivity index (χ0) is 10.9. The lowest BCUT2D eigenvalue weighted by Gasteiger charge is -2.17. The van der Waals surface area contributed by atoms with E-state index in [0.717, 1.165) is 21.2 Å². The number of hydrogen-bond donors (Lipinski definition) is 2. The largest absolute Gasteiger partial charge is 0.507 e. The quantitative estimate of drug-likeness (QED) is 0.856. The van der Waals surface area contributed by atoms with Gasteiger partial charge in [-0.2, -0.15) is 0 Å². The van der Waals surface area contributed by atoms with Crippen LogP contribution in [-0.4, -0.2) is 11.7 Å². The van der Waals surface area contributed by atoms with Crippen molar-refractivity contribution in [2.45, 2.75) is 26.7 Å². The van der Waals surface area contributed by atoms with Crippen molar-refractivity contribution in [1.29, 1.82) is 0 Å². The average Bonchev–Trinajstić information content (AvgIpc) is 2.14. The first-order valence-electron chi connectivity index (χ1n) is 4.67. The summed E-state index contributed by atoms with van der Waals surface area (Å²) in [6.45, 7) is 6.46. The van der Waals surface area contributed by atoms with Gasteiger partial charge in [-0.1, -0.05) is 22.9 Å². The van der Waals surface area contributed by atoms with Gasteiger partial charge in [0, 0.05) is 4.47 Å². The first-order valence-corrected chi connectivity index (χ1v) is 5.47. The van der Waals surface area contributed by atoms with E-state index in [9.17, 15) is 5.11 Å². The standard InChI is InChI=1S/C11H16BrNO/c1-6-4-9(12)10(7(2)5-13)8(3)11(6)14/h4,7,14H,5,13H2,1-3H3. The molecule has 0 aromatic heterocycles. The summed E-state index contributed by atoms with van der Waals surface area (Å²) in [7, 11) is 0. The molecule has 0 heterocycles. The molecule has 0 amide bonds. The molecule has 1 unspecified atom stereocenters. The molecule has 0 spiro atoms. The molecule has 0 aliphatic heterocycles. The minimum Gasteiger partial charge on any atom is -0.507 e. The van der Waals surface area contributed by atoms with E-state index in [1.165, 1.54) is 0 Å². The van der Waals surface area contributed by atoms with Crippen molar-refractivity contribution in [2.75, 3.05) is 6.54 Å². The molecule has 0 radical (unpaired) electrons. The maximum absolute atomic E-state index is 9.79. The van der Waals surface area contributed by atoms with Crippen molar-refractivity contribution in [3.05, 3.63) is 27.2 Å². The van der Waals surface area contributed by atoms with Crippen molar-refractivity contribution < 1.29 is 5.11 Å². The molecule has 0 bridgehead atoms. The maximum atomic E-state index is 9.79. The van der Waals surface area contributed by atoms with E-state index in [1.54, 1.807) is 0 Å². The van der Waals surface area contributed by atoms with Crippen LogP contribution in [-0.2, 0) is 0 Å². The highest BCUT2D eigenvalue weighted by Gasteiger charge is 2.15. The smallest absolute Gasteiger partial charge is 0.121 e. The lowest BCUT2D eigenvalue weighted by molar-refractivity contribution is 0.465. The van der Waals surface area contributed by atoms with E-state index < -0.39 is 0 Å². The lowest BCUT2D eigenvalue weighted by Crippen LogP contribution is -2.11. The highest BCUT2D eigenvalue weighted by Crippen LogP contribution is 2.35. The Morgan fingerprint density at radius 2 is 2.07 bits per heavy atom. The van der Waals surface area contributed by atoms with E-state index in [-0.39, 0.29) is 5.92 Å². The number of phenols is 1. The second-order valence-corrected chi connectivity index (χ2v) is 4.55. The van der Waals surface area contributed by atoms with Crippen LogP contribution in [0.25, 0.3) is 0 Å². The summed E-state index contributed by atoms with van der Waals surface area (Å²) in [6, 6.07) is 1.93. The van der Waals surface area contributed by atoms with Gasteiger partial charge in [-0.3, -0.25) is 0 Å². The van der Waals surface area contributed by atoms with Crippen LogP contribution in [0.1, 0.15) is 29.5 Å². The third-order valence-electron chi connectivity index (χ3n) is 2.58. The van der Waals surface area contributed by atoms with Crippen LogP contribution in [0.4, 0.5) is 0 Å². The molecule has 78 valence electrons. The molecule has 0 saturated carbocycles. The topological polar surface area (TPSA) is 46.2 Å². The van der Waals surface area contributed by atoms with E-state index in [1.807, 2.05) is 19.9 Å². The predicted octanol–water partition coefficient (Wildman–Crippen LogP) is 2.83. The molecule has 0 saturated heterocycles. The summed E-state index contributed by atoms with van der Waals surface area (Å²) in [4.78, 5) is 0. The van der Waals surface area contributed by atoms with Gasteiger partial charge in [0.2, 0.25) is 0 Å². The van der Waals surface area contributed by atoms with Crippen LogP contribution >= 0.6 is 15.9 Å². The Morgan fingerprint density at radius 1 is 1.50 bits per heavy atom. The normalized spacial score (nSPS) is 12.9. The maximum Gasteiger partial charge on any atom is 0.121 e. The Balaban J connectivity index is 3.36. The van der Waals surface area contributed by atoms with Crippen molar-refractivity contribution in [2.24, 2.45) is 5.73 Å². The molecular weight excluding hydrogens is 242 g/mol. The van der Waals surface area contributed by atoms with Crippen LogP contribution in [0, 0.1) is 13.8 Å². The summed E-state index contributed by atoms with van der Waals surface area (Å²) in [5.74, 6) is 0.638. The van der Waals surface area contributed by atoms with Gasteiger partial charge in [-0.25, -0.2) is 0 Å². The van der Waals surface area contributed by atoms with Crippen LogP contribution in [0.3, 0.4) is 0 Å². The predicted molar refractivity (Wildman–Crippen MR) is 62.8 cm³/mol. The SMILES string of the molecule is Cc1cc(Br)c(C(C)CN)c(C)c1O. The van der Waals surface area contributed by atoms with Gasteiger partial charge >= 0.3 is 0 Å². The number of aryl methyl sites for hydroxylation is 1. The van der Waals surface area contributed by atoms with Gasteiger partial charge < -0.3 is 10.8 Å². The molecule has 1 atom stereocenters. The van der Waals surface area contributed by atoms with Gasteiger partial charge in [0.05, 0.1) is 0 Å². The molecule has 1 aromatic rings. The lowest BCUT2D eigenvalue weighted by atomic mass is 9.94. The van der Waals surface area contributed by atoms with E-state index >= 15 is 0 Å². The highest BCUT2D eigenvalue weighted by atomic mass is 79.9. The van der Waals surface area contributed by atoms with Gasteiger partial charge in [-0.15, -0.1) is 0 Å². The van der Waals surface area contributed by atoms with Gasteiger partial charge in [0.15, 0.2) is 0 Å². The van der Waals surface area contributed by atoms with E-state index in [2.05, 4.69) is 22.9 Å². The summed E-state index contributed by atoms with van der Waals surface area (Å²) in [5.41, 5.74) is 8.55. The fourth-order valence-electron chi connectivity index (χ4n) is 1.66. The number of halogens is 1. The molecule has 2 nitrogen and oxygen atoms in total. The molecule has 3 heteroatoms. The third-order valence-corrected chi connectivity index (χ3v) is 3.24. The number of aromatic hydroxyl groups is 1. The highest BCUT2D eigenvalue weighted by molar-refractivity contribution is 9.10. The molecule has 1 rings (SSSR count). The van der Waals surface area contributed by atoms with E-state index in [4.69, 9.17) is 5.73 Å². The number of phenolic OH excluding ortho intramolecular Hbond substituents is 1. The van der Waals surface area contributed by atoms with Crippen molar-refractivity contribution in [3.8, 4) is 5.75 Å². The van der Waals surface area contributed by atoms with Crippen LogP contribution in [0.5, 0.6) is 5.75 Å². The second kappa shape index (κ2) is 4.32. The fraction of sp³-hybridized carbons (Fsp3) is 0.455. The average molecular weight is 258 g/mol. The van der Waals surface area contributed by atoms with Crippen molar-refractivity contribution in [3.63, 3.8) is 0 Å². The van der Waals surface area contributed by atoms with E-state index in [0.29, 0.717) is 12.3 Å². The summed E-state index contributed by atoms with van der Waals surface area (Å²) < 4.78 is 1.03. The Kier molecular flexibility index (Phi) is 3.56. The number of benzene rings is 1.